The molecule has 1 amide bonds. The molecule has 1 heterocycles. The van der Waals surface area contributed by atoms with Crippen molar-refractivity contribution < 1.29 is 4.79 Å². The number of amides is 1. The van der Waals surface area contributed by atoms with Gasteiger partial charge in [-0.3, -0.25) is 4.79 Å². The molecule has 1 fully saturated rings. The summed E-state index contributed by atoms with van der Waals surface area (Å²) in [5, 5.41) is 3.26. The van der Waals surface area contributed by atoms with Crippen LogP contribution in [-0.4, -0.2) is 37.0 Å². The summed E-state index contributed by atoms with van der Waals surface area (Å²) in [5.41, 5.74) is 0.297. The third kappa shape index (κ3) is 4.20. The Morgan fingerprint density at radius 1 is 1.33 bits per heavy atom. The molecule has 1 aliphatic heterocycles. The summed E-state index contributed by atoms with van der Waals surface area (Å²) in [7, 11) is 0. The highest BCUT2D eigenvalue weighted by molar-refractivity contribution is 5.78. The molecule has 0 spiro atoms. The van der Waals surface area contributed by atoms with Gasteiger partial charge in [-0.1, -0.05) is 20.8 Å². The molecule has 1 saturated heterocycles. The maximum absolute atomic E-state index is 11.7. The molecule has 1 aliphatic rings. The summed E-state index contributed by atoms with van der Waals surface area (Å²) in [5.74, 6) is 0.263. The fourth-order valence-corrected chi connectivity index (χ4v) is 1.71. The number of nitrogens with one attached hydrogen (secondary N) is 1. The molecular formula is C12H24N2O. The highest BCUT2D eigenvalue weighted by Crippen LogP contribution is 2.17. The predicted octanol–water partition coefficient (Wildman–Crippen LogP) is 1.63. The van der Waals surface area contributed by atoms with Crippen LogP contribution in [0.5, 0.6) is 0 Å². The molecule has 1 N–H and O–H groups in total. The van der Waals surface area contributed by atoms with E-state index in [-0.39, 0.29) is 5.91 Å². The summed E-state index contributed by atoms with van der Waals surface area (Å²) < 4.78 is 0. The standard InChI is InChI=1S/C12H24N2O/c1-4-12(2,3)10-13-9-11(15)14-7-5-6-8-14/h13H,4-10H2,1-3H3. The Kier molecular flexibility index (Phi) is 4.58. The van der Waals surface area contributed by atoms with E-state index < -0.39 is 0 Å². The molecule has 3 nitrogen and oxygen atoms in total. The van der Waals surface area contributed by atoms with E-state index >= 15 is 0 Å². The van der Waals surface area contributed by atoms with Crippen LogP contribution < -0.4 is 5.32 Å². The number of nitrogens with zero attached hydrogens (tertiary/aromatic N) is 1. The summed E-state index contributed by atoms with van der Waals surface area (Å²) in [4.78, 5) is 13.6. The molecule has 88 valence electrons. The van der Waals surface area contributed by atoms with Gasteiger partial charge in [-0.05, 0) is 24.7 Å². The molecule has 0 radical (unpaired) electrons. The van der Waals surface area contributed by atoms with Gasteiger partial charge in [0.05, 0.1) is 6.54 Å². The molecule has 0 aromatic carbocycles. The van der Waals surface area contributed by atoms with Crippen molar-refractivity contribution in [1.82, 2.24) is 10.2 Å². The van der Waals surface area contributed by atoms with Gasteiger partial charge in [-0.2, -0.15) is 0 Å². The molecule has 3 heteroatoms. The van der Waals surface area contributed by atoms with Crippen molar-refractivity contribution in [1.29, 1.82) is 0 Å². The number of carbonyl (C=O) groups excluding carboxylic acids is 1. The van der Waals surface area contributed by atoms with Crippen molar-refractivity contribution in [3.05, 3.63) is 0 Å². The zero-order valence-electron chi connectivity index (χ0n) is 10.3. The quantitative estimate of drug-likeness (QED) is 0.751. The maximum atomic E-state index is 11.7. The molecule has 0 atom stereocenters. The van der Waals surface area contributed by atoms with Crippen LogP contribution in [0.3, 0.4) is 0 Å². The summed E-state index contributed by atoms with van der Waals surface area (Å²) in [6.07, 6.45) is 3.48. The first-order chi connectivity index (χ1) is 7.05. The molecule has 1 rings (SSSR count). The Labute approximate surface area is 93.2 Å². The minimum Gasteiger partial charge on any atom is -0.342 e. The molecule has 0 aromatic rings. The Morgan fingerprint density at radius 3 is 2.47 bits per heavy atom. The molecule has 0 bridgehead atoms. The molecular weight excluding hydrogens is 188 g/mol. The fourth-order valence-electron chi connectivity index (χ4n) is 1.71. The van der Waals surface area contributed by atoms with Gasteiger partial charge >= 0.3 is 0 Å². The van der Waals surface area contributed by atoms with Gasteiger partial charge in [0.25, 0.3) is 0 Å². The van der Waals surface area contributed by atoms with Gasteiger partial charge in [-0.15, -0.1) is 0 Å². The van der Waals surface area contributed by atoms with Gasteiger partial charge in [0.1, 0.15) is 0 Å². The van der Waals surface area contributed by atoms with E-state index in [2.05, 4.69) is 26.1 Å². The largest absolute Gasteiger partial charge is 0.342 e. The number of carbonyl (C=O) groups is 1. The predicted molar refractivity (Wildman–Crippen MR) is 62.8 cm³/mol. The minimum atomic E-state index is 0.263. The lowest BCUT2D eigenvalue weighted by molar-refractivity contribution is -0.129. The normalized spacial score (nSPS) is 17.1. The minimum absolute atomic E-state index is 0.263. The Balaban J connectivity index is 2.16. The molecule has 0 aromatic heterocycles. The van der Waals surface area contributed by atoms with Crippen molar-refractivity contribution in [3.8, 4) is 0 Å². The van der Waals surface area contributed by atoms with Gasteiger partial charge in [0.15, 0.2) is 0 Å². The monoisotopic (exact) mass is 212 g/mol. The first-order valence-electron chi connectivity index (χ1n) is 6.04. The molecule has 15 heavy (non-hydrogen) atoms. The van der Waals surface area contributed by atoms with E-state index in [1.165, 1.54) is 12.8 Å². The fraction of sp³-hybridized carbons (Fsp3) is 0.917. The Morgan fingerprint density at radius 2 is 1.93 bits per heavy atom. The second kappa shape index (κ2) is 5.50. The summed E-state index contributed by atoms with van der Waals surface area (Å²) >= 11 is 0. The average Bonchev–Trinajstić information content (AvgIpc) is 2.70. The first-order valence-corrected chi connectivity index (χ1v) is 6.04. The van der Waals surface area contributed by atoms with Gasteiger partial charge < -0.3 is 10.2 Å². The van der Waals surface area contributed by atoms with Crippen LogP contribution in [0, 0.1) is 5.41 Å². The molecule has 0 aliphatic carbocycles. The van der Waals surface area contributed by atoms with E-state index in [1.807, 2.05) is 4.90 Å². The van der Waals surface area contributed by atoms with Crippen molar-refractivity contribution in [2.45, 2.75) is 40.0 Å². The zero-order valence-corrected chi connectivity index (χ0v) is 10.3. The van der Waals surface area contributed by atoms with Crippen molar-refractivity contribution in [2.24, 2.45) is 5.41 Å². The van der Waals surface area contributed by atoms with Crippen LogP contribution in [0.4, 0.5) is 0 Å². The first kappa shape index (κ1) is 12.5. The third-order valence-corrected chi connectivity index (χ3v) is 3.30. The second-order valence-electron chi connectivity index (χ2n) is 5.21. The summed E-state index contributed by atoms with van der Waals surface area (Å²) in [6.45, 7) is 9.96. The van der Waals surface area contributed by atoms with Crippen molar-refractivity contribution in [3.63, 3.8) is 0 Å². The van der Waals surface area contributed by atoms with E-state index in [1.54, 1.807) is 0 Å². The Hall–Kier alpha value is -0.570. The van der Waals surface area contributed by atoms with Crippen LogP contribution in [0.2, 0.25) is 0 Å². The van der Waals surface area contributed by atoms with E-state index in [9.17, 15) is 4.79 Å². The van der Waals surface area contributed by atoms with Gasteiger partial charge in [0, 0.05) is 19.6 Å². The average molecular weight is 212 g/mol. The number of rotatable bonds is 5. The number of hydrogen-bond donors (Lipinski definition) is 1. The van der Waals surface area contributed by atoms with Crippen molar-refractivity contribution in [2.75, 3.05) is 26.2 Å². The van der Waals surface area contributed by atoms with E-state index in [0.29, 0.717) is 12.0 Å². The number of likely N-dealkylation sites (tertiary alicyclic amines) is 1. The van der Waals surface area contributed by atoms with Crippen molar-refractivity contribution >= 4 is 5.91 Å². The Bertz CT molecular complexity index is 208. The van der Waals surface area contributed by atoms with Gasteiger partial charge in [-0.25, -0.2) is 0 Å². The summed E-state index contributed by atoms with van der Waals surface area (Å²) in [6, 6.07) is 0. The highest BCUT2D eigenvalue weighted by atomic mass is 16.2. The molecule has 0 saturated carbocycles. The smallest absolute Gasteiger partial charge is 0.236 e. The lowest BCUT2D eigenvalue weighted by Crippen LogP contribution is -2.39. The van der Waals surface area contributed by atoms with Crippen LogP contribution in [0.25, 0.3) is 0 Å². The maximum Gasteiger partial charge on any atom is 0.236 e. The lowest BCUT2D eigenvalue weighted by Gasteiger charge is -2.23. The van der Waals surface area contributed by atoms with Crippen LogP contribution >= 0.6 is 0 Å². The highest BCUT2D eigenvalue weighted by Gasteiger charge is 2.19. The van der Waals surface area contributed by atoms with E-state index in [4.69, 9.17) is 0 Å². The second-order valence-corrected chi connectivity index (χ2v) is 5.21. The molecule has 0 unspecified atom stereocenters. The SMILES string of the molecule is CCC(C)(C)CNCC(=O)N1CCCC1. The third-order valence-electron chi connectivity index (χ3n) is 3.30. The van der Waals surface area contributed by atoms with Crippen LogP contribution in [-0.2, 0) is 4.79 Å². The van der Waals surface area contributed by atoms with E-state index in [0.717, 1.165) is 26.1 Å². The number of hydrogen-bond acceptors (Lipinski definition) is 2. The lowest BCUT2D eigenvalue weighted by atomic mass is 9.90. The zero-order chi connectivity index (χ0) is 11.3. The van der Waals surface area contributed by atoms with Crippen LogP contribution in [0.15, 0.2) is 0 Å². The van der Waals surface area contributed by atoms with Gasteiger partial charge in [0.2, 0.25) is 5.91 Å². The van der Waals surface area contributed by atoms with Crippen LogP contribution in [0.1, 0.15) is 40.0 Å². The topological polar surface area (TPSA) is 32.3 Å².